The van der Waals surface area contributed by atoms with E-state index in [9.17, 15) is 9.59 Å². The zero-order chi connectivity index (χ0) is 36.1. The molecular formula is C46H48N2O4. The molecular weight excluding hydrogens is 645 g/mol. The van der Waals surface area contributed by atoms with Crippen molar-refractivity contribution in [3.05, 3.63) is 120 Å². The Morgan fingerprint density at radius 2 is 0.865 bits per heavy atom. The zero-order valence-electron chi connectivity index (χ0n) is 30.4. The second kappa shape index (κ2) is 18.2. The van der Waals surface area contributed by atoms with Gasteiger partial charge in [0.05, 0.1) is 46.8 Å². The van der Waals surface area contributed by atoms with E-state index in [1.807, 2.05) is 109 Å². The van der Waals surface area contributed by atoms with Crippen molar-refractivity contribution in [2.45, 2.75) is 78.1 Å². The molecule has 0 unspecified atom stereocenters. The van der Waals surface area contributed by atoms with Crippen molar-refractivity contribution >= 4 is 33.7 Å². The topological polar surface area (TPSA) is 78.4 Å². The van der Waals surface area contributed by atoms with Gasteiger partial charge in [0.15, 0.2) is 0 Å². The van der Waals surface area contributed by atoms with Gasteiger partial charge in [0.1, 0.15) is 0 Å². The second-order valence-electron chi connectivity index (χ2n) is 13.4. The van der Waals surface area contributed by atoms with Crippen LogP contribution in [0.1, 0.15) is 98.8 Å². The summed E-state index contributed by atoms with van der Waals surface area (Å²) in [7, 11) is 0. The number of carbonyl (C=O) groups is 2. The lowest BCUT2D eigenvalue weighted by molar-refractivity contribution is 0.0490. The minimum atomic E-state index is -0.354. The summed E-state index contributed by atoms with van der Waals surface area (Å²) < 4.78 is 11.7. The van der Waals surface area contributed by atoms with E-state index in [-0.39, 0.29) is 11.9 Å². The maximum atomic E-state index is 13.7. The van der Waals surface area contributed by atoms with Crippen LogP contribution in [0.15, 0.2) is 109 Å². The molecule has 0 aliphatic rings. The van der Waals surface area contributed by atoms with Gasteiger partial charge in [0.2, 0.25) is 0 Å². The molecule has 0 N–H and O–H groups in total. The number of rotatable bonds is 17. The van der Waals surface area contributed by atoms with Crippen molar-refractivity contribution in [1.29, 1.82) is 0 Å². The SMILES string of the molecule is CCCCCCCOC(=O)c1cc(-c2ccccc2)nc2ccc(-c3ccc4nc(-c5ccccc5)cc(C(=O)OCCCCCCC)c4c3)cc12. The Balaban J connectivity index is 1.36. The van der Waals surface area contributed by atoms with Crippen LogP contribution in [-0.2, 0) is 9.47 Å². The first kappa shape index (κ1) is 36.4. The molecule has 0 bridgehead atoms. The Labute approximate surface area is 307 Å². The van der Waals surface area contributed by atoms with Crippen molar-refractivity contribution in [3.8, 4) is 33.6 Å². The number of carbonyl (C=O) groups excluding carboxylic acids is 2. The third-order valence-electron chi connectivity index (χ3n) is 9.49. The predicted molar refractivity (Wildman–Crippen MR) is 211 cm³/mol. The van der Waals surface area contributed by atoms with Crippen LogP contribution in [0.25, 0.3) is 55.4 Å². The second-order valence-corrected chi connectivity index (χ2v) is 13.4. The summed E-state index contributed by atoms with van der Waals surface area (Å²) in [6.45, 7) is 5.14. The normalized spacial score (nSPS) is 11.2. The third-order valence-corrected chi connectivity index (χ3v) is 9.49. The van der Waals surface area contributed by atoms with E-state index >= 15 is 0 Å². The van der Waals surface area contributed by atoms with Gasteiger partial charge in [-0.1, -0.05) is 138 Å². The van der Waals surface area contributed by atoms with Crippen molar-refractivity contribution in [3.63, 3.8) is 0 Å². The molecule has 52 heavy (non-hydrogen) atoms. The summed E-state index contributed by atoms with van der Waals surface area (Å²) in [5.41, 5.74) is 7.45. The molecule has 0 radical (unpaired) electrons. The first-order chi connectivity index (χ1) is 25.6. The van der Waals surface area contributed by atoms with Crippen LogP contribution in [0.2, 0.25) is 0 Å². The standard InChI is InChI=1S/C46H48N2O4/c1-3-5-7-9-17-27-51-45(49)39-31-43(33-19-13-11-14-20-33)47-41-25-23-35(29-37(39)41)36-24-26-42-38(30-36)40(46(50)52-28-18-10-8-6-4-2)32-44(48-42)34-21-15-12-16-22-34/h11-16,19-26,29-32H,3-10,17-18,27-28H2,1-2H3. The summed E-state index contributed by atoms with van der Waals surface area (Å²) in [5, 5.41) is 1.43. The molecule has 2 aromatic heterocycles. The lowest BCUT2D eigenvalue weighted by Crippen LogP contribution is -2.08. The van der Waals surface area contributed by atoms with Gasteiger partial charge < -0.3 is 9.47 Å². The molecule has 6 nitrogen and oxygen atoms in total. The highest BCUT2D eigenvalue weighted by atomic mass is 16.5. The summed E-state index contributed by atoms with van der Waals surface area (Å²) >= 11 is 0. The fourth-order valence-electron chi connectivity index (χ4n) is 6.56. The summed E-state index contributed by atoms with van der Waals surface area (Å²) in [4.78, 5) is 37.2. The van der Waals surface area contributed by atoms with Gasteiger partial charge in [-0.05, 0) is 60.4 Å². The number of ether oxygens (including phenoxy) is 2. The predicted octanol–water partition coefficient (Wildman–Crippen LogP) is 12.0. The van der Waals surface area contributed by atoms with Crippen LogP contribution < -0.4 is 0 Å². The average Bonchev–Trinajstić information content (AvgIpc) is 3.19. The van der Waals surface area contributed by atoms with E-state index in [1.54, 1.807) is 0 Å². The molecule has 0 aliphatic heterocycles. The maximum Gasteiger partial charge on any atom is 0.338 e. The van der Waals surface area contributed by atoms with Gasteiger partial charge in [-0.25, -0.2) is 19.6 Å². The van der Waals surface area contributed by atoms with Gasteiger partial charge in [-0.3, -0.25) is 0 Å². The summed E-state index contributed by atoms with van der Waals surface area (Å²) in [6.07, 6.45) is 10.7. The number of pyridine rings is 2. The molecule has 0 amide bonds. The lowest BCUT2D eigenvalue weighted by Gasteiger charge is -2.13. The number of aromatic nitrogens is 2. The molecule has 266 valence electrons. The Morgan fingerprint density at radius 3 is 1.27 bits per heavy atom. The highest BCUT2D eigenvalue weighted by Gasteiger charge is 2.19. The number of nitrogens with zero attached hydrogens (tertiary/aromatic N) is 2. The molecule has 4 aromatic carbocycles. The van der Waals surface area contributed by atoms with Crippen LogP contribution in [0.3, 0.4) is 0 Å². The van der Waals surface area contributed by atoms with Crippen LogP contribution in [0.4, 0.5) is 0 Å². The van der Waals surface area contributed by atoms with Crippen molar-refractivity contribution < 1.29 is 19.1 Å². The number of unbranched alkanes of at least 4 members (excludes halogenated alkanes) is 8. The van der Waals surface area contributed by atoms with E-state index < -0.39 is 0 Å². The number of hydrogen-bond acceptors (Lipinski definition) is 6. The highest BCUT2D eigenvalue weighted by Crippen LogP contribution is 2.33. The van der Waals surface area contributed by atoms with E-state index in [0.29, 0.717) is 46.1 Å². The van der Waals surface area contributed by atoms with Crippen molar-refractivity contribution in [2.75, 3.05) is 13.2 Å². The van der Waals surface area contributed by atoms with Crippen LogP contribution in [-0.4, -0.2) is 35.1 Å². The van der Waals surface area contributed by atoms with Gasteiger partial charge in [0, 0.05) is 21.9 Å². The Kier molecular flexibility index (Phi) is 12.8. The van der Waals surface area contributed by atoms with E-state index in [2.05, 4.69) is 13.8 Å². The number of fused-ring (bicyclic) bond motifs is 2. The molecule has 6 heteroatoms. The minimum Gasteiger partial charge on any atom is -0.462 e. The zero-order valence-corrected chi connectivity index (χ0v) is 30.4. The first-order valence-corrected chi connectivity index (χ1v) is 18.9. The third kappa shape index (κ3) is 9.10. The largest absolute Gasteiger partial charge is 0.462 e. The molecule has 6 rings (SSSR count). The highest BCUT2D eigenvalue weighted by molar-refractivity contribution is 6.07. The quantitative estimate of drug-likeness (QED) is 0.0699. The molecule has 6 aromatic rings. The van der Waals surface area contributed by atoms with Crippen molar-refractivity contribution in [1.82, 2.24) is 9.97 Å². The maximum absolute atomic E-state index is 13.7. The van der Waals surface area contributed by atoms with Crippen LogP contribution in [0, 0.1) is 0 Å². The summed E-state index contributed by atoms with van der Waals surface area (Å²) in [5.74, 6) is -0.707. The van der Waals surface area contributed by atoms with Crippen molar-refractivity contribution in [2.24, 2.45) is 0 Å². The van der Waals surface area contributed by atoms with Gasteiger partial charge in [0.25, 0.3) is 0 Å². The fourth-order valence-corrected chi connectivity index (χ4v) is 6.56. The van der Waals surface area contributed by atoms with E-state index in [0.717, 1.165) is 72.2 Å². The molecule has 0 atom stereocenters. The number of benzene rings is 4. The minimum absolute atomic E-state index is 0.354. The molecule has 0 saturated carbocycles. The molecule has 0 saturated heterocycles. The number of hydrogen-bond donors (Lipinski definition) is 0. The monoisotopic (exact) mass is 692 g/mol. The molecule has 2 heterocycles. The number of esters is 2. The van der Waals surface area contributed by atoms with E-state index in [1.165, 1.54) is 25.7 Å². The van der Waals surface area contributed by atoms with E-state index in [4.69, 9.17) is 19.4 Å². The van der Waals surface area contributed by atoms with Gasteiger partial charge in [-0.15, -0.1) is 0 Å². The average molecular weight is 693 g/mol. The lowest BCUT2D eigenvalue weighted by atomic mass is 9.96. The Morgan fingerprint density at radius 1 is 0.462 bits per heavy atom. The molecule has 0 fully saturated rings. The first-order valence-electron chi connectivity index (χ1n) is 18.9. The fraction of sp³-hybridized carbons (Fsp3) is 0.304. The van der Waals surface area contributed by atoms with Crippen LogP contribution in [0.5, 0.6) is 0 Å². The smallest absolute Gasteiger partial charge is 0.338 e. The summed E-state index contributed by atoms with van der Waals surface area (Å²) in [6, 6.07) is 35.4. The molecule has 0 aliphatic carbocycles. The van der Waals surface area contributed by atoms with Gasteiger partial charge >= 0.3 is 11.9 Å². The Bertz CT molecular complexity index is 1960. The van der Waals surface area contributed by atoms with Crippen LogP contribution >= 0.6 is 0 Å². The molecule has 0 spiro atoms. The van der Waals surface area contributed by atoms with Gasteiger partial charge in [-0.2, -0.15) is 0 Å². The Hall–Kier alpha value is -5.36.